The van der Waals surface area contributed by atoms with Crippen molar-refractivity contribution in [1.82, 2.24) is 10.2 Å². The Morgan fingerprint density at radius 1 is 1.03 bits per heavy atom. The van der Waals surface area contributed by atoms with E-state index >= 15 is 0 Å². The fourth-order valence-electron chi connectivity index (χ4n) is 2.88. The molecule has 6 heteroatoms. The van der Waals surface area contributed by atoms with E-state index in [4.69, 9.17) is 4.74 Å². The van der Waals surface area contributed by atoms with Crippen molar-refractivity contribution in [2.75, 3.05) is 19.4 Å². The molecule has 0 radical (unpaired) electrons. The number of carbonyl (C=O) groups is 2. The van der Waals surface area contributed by atoms with Crippen molar-refractivity contribution in [3.8, 4) is 5.75 Å². The normalized spacial score (nSPS) is 11.8. The second-order valence-electron chi connectivity index (χ2n) is 7.60. The van der Waals surface area contributed by atoms with Crippen LogP contribution < -0.4 is 10.1 Å². The highest BCUT2D eigenvalue weighted by Crippen LogP contribution is 2.20. The van der Waals surface area contributed by atoms with Crippen LogP contribution in [0.15, 0.2) is 59.5 Å². The van der Waals surface area contributed by atoms with Crippen LogP contribution in [0.5, 0.6) is 5.75 Å². The predicted octanol–water partition coefficient (Wildman–Crippen LogP) is 4.37. The van der Waals surface area contributed by atoms with Crippen LogP contribution in [0.4, 0.5) is 0 Å². The minimum Gasteiger partial charge on any atom is -0.497 e. The summed E-state index contributed by atoms with van der Waals surface area (Å²) in [6.07, 6.45) is 0.373. The van der Waals surface area contributed by atoms with Crippen LogP contribution in [0.1, 0.15) is 32.8 Å². The average Bonchev–Trinajstić information content (AvgIpc) is 2.76. The molecule has 0 aliphatic rings. The molecule has 162 valence electrons. The number of methoxy groups -OCH3 is 1. The molecule has 1 atom stereocenters. The number of nitrogens with zero attached hydrogens (tertiary/aromatic N) is 1. The van der Waals surface area contributed by atoms with E-state index < -0.39 is 6.04 Å². The maximum absolute atomic E-state index is 13.1. The Kier molecular flexibility index (Phi) is 9.74. The summed E-state index contributed by atoms with van der Waals surface area (Å²) < 4.78 is 5.21. The third-order valence-electron chi connectivity index (χ3n) is 4.69. The van der Waals surface area contributed by atoms with Crippen molar-refractivity contribution in [3.63, 3.8) is 0 Å². The van der Waals surface area contributed by atoms with Crippen LogP contribution in [0.25, 0.3) is 0 Å². The number of carbonyl (C=O) groups excluding carboxylic acids is 2. The van der Waals surface area contributed by atoms with Crippen molar-refractivity contribution in [2.45, 2.75) is 44.7 Å². The molecular formula is C24H32N2O3S. The number of thioether (sulfide) groups is 1. The van der Waals surface area contributed by atoms with Gasteiger partial charge in [-0.2, -0.15) is 0 Å². The second-order valence-corrected chi connectivity index (χ2v) is 8.76. The van der Waals surface area contributed by atoms with E-state index in [2.05, 4.69) is 5.32 Å². The third-order valence-corrected chi connectivity index (χ3v) is 5.71. The highest BCUT2D eigenvalue weighted by molar-refractivity contribution is 7.99. The van der Waals surface area contributed by atoms with E-state index in [1.165, 1.54) is 0 Å². The van der Waals surface area contributed by atoms with E-state index in [0.717, 1.165) is 16.2 Å². The lowest BCUT2D eigenvalue weighted by Crippen LogP contribution is -2.48. The molecule has 5 nitrogen and oxygen atoms in total. The average molecular weight is 429 g/mol. The van der Waals surface area contributed by atoms with E-state index in [9.17, 15) is 9.59 Å². The molecule has 30 heavy (non-hydrogen) atoms. The molecule has 0 bridgehead atoms. The summed E-state index contributed by atoms with van der Waals surface area (Å²) in [5.41, 5.74) is 0.961. The summed E-state index contributed by atoms with van der Waals surface area (Å²) >= 11 is 1.65. The number of ether oxygens (including phenoxy) is 1. The molecule has 1 N–H and O–H groups in total. The first-order valence-electron chi connectivity index (χ1n) is 10.3. The van der Waals surface area contributed by atoms with Gasteiger partial charge >= 0.3 is 0 Å². The molecule has 0 aromatic heterocycles. The van der Waals surface area contributed by atoms with Crippen LogP contribution in [-0.2, 0) is 16.1 Å². The maximum atomic E-state index is 13.1. The summed E-state index contributed by atoms with van der Waals surface area (Å²) in [7, 11) is 1.62. The van der Waals surface area contributed by atoms with Crippen LogP contribution in [-0.4, -0.2) is 42.2 Å². The van der Waals surface area contributed by atoms with Crippen molar-refractivity contribution in [3.05, 3.63) is 60.2 Å². The molecule has 0 unspecified atom stereocenters. The van der Waals surface area contributed by atoms with Crippen LogP contribution in [0.3, 0.4) is 0 Å². The molecule has 0 spiro atoms. The van der Waals surface area contributed by atoms with Crippen LogP contribution >= 0.6 is 11.8 Å². The van der Waals surface area contributed by atoms with Crippen molar-refractivity contribution >= 4 is 23.6 Å². The zero-order chi connectivity index (χ0) is 21.9. The van der Waals surface area contributed by atoms with Gasteiger partial charge in [0, 0.05) is 30.2 Å². The van der Waals surface area contributed by atoms with E-state index in [0.29, 0.717) is 31.2 Å². The fourth-order valence-corrected chi connectivity index (χ4v) is 3.74. The number of rotatable bonds is 11. The number of hydrogen-bond acceptors (Lipinski definition) is 4. The molecule has 0 heterocycles. The zero-order valence-electron chi connectivity index (χ0n) is 18.3. The van der Waals surface area contributed by atoms with Gasteiger partial charge in [-0.15, -0.1) is 11.8 Å². The Labute approximate surface area is 184 Å². The van der Waals surface area contributed by atoms with Gasteiger partial charge < -0.3 is 15.0 Å². The molecule has 0 aliphatic heterocycles. The highest BCUT2D eigenvalue weighted by atomic mass is 32.2. The minimum absolute atomic E-state index is 0.0264. The lowest BCUT2D eigenvalue weighted by atomic mass is 10.1. The Morgan fingerprint density at radius 2 is 1.70 bits per heavy atom. The second kappa shape index (κ2) is 12.3. The summed E-state index contributed by atoms with van der Waals surface area (Å²) in [6, 6.07) is 17.1. The standard InChI is InChI=1S/C24H32N2O3S/c1-18(2)16-25-24(28)19(3)26(17-20-10-12-21(29-4)13-11-20)23(27)14-15-30-22-8-6-5-7-9-22/h5-13,18-19H,14-17H2,1-4H3,(H,25,28)/t19-/m1/s1. The van der Waals surface area contributed by atoms with Gasteiger partial charge in [0.05, 0.1) is 7.11 Å². The quantitative estimate of drug-likeness (QED) is 0.540. The summed E-state index contributed by atoms with van der Waals surface area (Å²) in [5.74, 6) is 1.64. The number of benzene rings is 2. The third kappa shape index (κ3) is 7.75. The largest absolute Gasteiger partial charge is 0.497 e. The molecular weight excluding hydrogens is 396 g/mol. The maximum Gasteiger partial charge on any atom is 0.242 e. The van der Waals surface area contributed by atoms with E-state index in [-0.39, 0.29) is 11.8 Å². The predicted molar refractivity (Wildman–Crippen MR) is 123 cm³/mol. The van der Waals surface area contributed by atoms with Gasteiger partial charge in [0.25, 0.3) is 0 Å². The molecule has 2 aromatic rings. The van der Waals surface area contributed by atoms with Crippen molar-refractivity contribution < 1.29 is 14.3 Å². The topological polar surface area (TPSA) is 58.6 Å². The summed E-state index contributed by atoms with van der Waals surface area (Å²) in [4.78, 5) is 28.5. The van der Waals surface area contributed by atoms with E-state index in [1.807, 2.05) is 68.4 Å². The number of nitrogens with one attached hydrogen (secondary N) is 1. The van der Waals surface area contributed by atoms with Crippen LogP contribution in [0.2, 0.25) is 0 Å². The van der Waals surface area contributed by atoms with Gasteiger partial charge in [0.15, 0.2) is 0 Å². The molecule has 0 fully saturated rings. The summed E-state index contributed by atoms with van der Waals surface area (Å²) in [5, 5.41) is 2.95. The molecule has 2 rings (SSSR count). The first-order chi connectivity index (χ1) is 14.4. The Bertz CT molecular complexity index is 794. The molecule has 0 saturated heterocycles. The molecule has 2 amide bonds. The zero-order valence-corrected chi connectivity index (χ0v) is 19.1. The van der Waals surface area contributed by atoms with Crippen molar-refractivity contribution in [2.24, 2.45) is 5.92 Å². The Morgan fingerprint density at radius 3 is 2.30 bits per heavy atom. The van der Waals surface area contributed by atoms with E-state index in [1.54, 1.807) is 30.7 Å². The van der Waals surface area contributed by atoms with Gasteiger partial charge in [-0.1, -0.05) is 44.2 Å². The summed E-state index contributed by atoms with van der Waals surface area (Å²) in [6.45, 7) is 6.87. The molecule has 0 aliphatic carbocycles. The minimum atomic E-state index is -0.542. The SMILES string of the molecule is COc1ccc(CN(C(=O)CCSc2ccccc2)[C@H](C)C(=O)NCC(C)C)cc1. The van der Waals surface area contributed by atoms with Gasteiger partial charge in [0.2, 0.25) is 11.8 Å². The van der Waals surface area contributed by atoms with Gasteiger partial charge in [0.1, 0.15) is 11.8 Å². The highest BCUT2D eigenvalue weighted by Gasteiger charge is 2.26. The number of amides is 2. The fraction of sp³-hybridized carbons (Fsp3) is 0.417. The lowest BCUT2D eigenvalue weighted by molar-refractivity contribution is -0.140. The smallest absolute Gasteiger partial charge is 0.242 e. The molecule has 0 saturated carbocycles. The molecule has 2 aromatic carbocycles. The monoisotopic (exact) mass is 428 g/mol. The van der Waals surface area contributed by atoms with Crippen molar-refractivity contribution in [1.29, 1.82) is 0 Å². The van der Waals surface area contributed by atoms with Gasteiger partial charge in [-0.3, -0.25) is 9.59 Å². The van der Waals surface area contributed by atoms with Gasteiger partial charge in [-0.25, -0.2) is 0 Å². The van der Waals surface area contributed by atoms with Crippen LogP contribution in [0, 0.1) is 5.92 Å². The Balaban J connectivity index is 2.05. The first kappa shape index (κ1) is 23.8. The Hall–Kier alpha value is -2.47. The first-order valence-corrected chi connectivity index (χ1v) is 11.3. The number of hydrogen-bond donors (Lipinski definition) is 1. The van der Waals surface area contributed by atoms with Gasteiger partial charge in [-0.05, 0) is 42.7 Å². The lowest BCUT2D eigenvalue weighted by Gasteiger charge is -2.29.